The molecule has 1 amide bonds. The highest BCUT2D eigenvalue weighted by Crippen LogP contribution is 2.25. The second-order valence-corrected chi connectivity index (χ2v) is 5.44. The number of carbonyl (C=O) groups is 1. The van der Waals surface area contributed by atoms with Crippen molar-refractivity contribution in [3.8, 4) is 5.75 Å². The van der Waals surface area contributed by atoms with Crippen molar-refractivity contribution in [1.29, 1.82) is 0 Å². The summed E-state index contributed by atoms with van der Waals surface area (Å²) in [6.45, 7) is 0. The van der Waals surface area contributed by atoms with Crippen LogP contribution in [-0.2, 0) is 0 Å². The van der Waals surface area contributed by atoms with Crippen LogP contribution in [0.2, 0.25) is 0 Å². The van der Waals surface area contributed by atoms with Crippen LogP contribution in [0.1, 0.15) is 10.4 Å². The van der Waals surface area contributed by atoms with Gasteiger partial charge in [-0.25, -0.2) is 4.98 Å². The third kappa shape index (κ3) is 3.38. The molecule has 10 heteroatoms. The molecule has 0 aliphatic carbocycles. The van der Waals surface area contributed by atoms with Crippen molar-refractivity contribution in [2.45, 2.75) is 6.36 Å². The van der Waals surface area contributed by atoms with Gasteiger partial charge in [-0.05, 0) is 12.1 Å². The number of halogens is 3. The van der Waals surface area contributed by atoms with Gasteiger partial charge in [-0.2, -0.15) is 0 Å². The van der Waals surface area contributed by atoms with Crippen LogP contribution in [0.25, 0.3) is 4.96 Å². The molecule has 0 aliphatic rings. The Balaban J connectivity index is 1.85. The minimum atomic E-state index is -4.84. The molecule has 0 aliphatic heterocycles. The van der Waals surface area contributed by atoms with Crippen molar-refractivity contribution in [2.75, 3.05) is 5.32 Å². The lowest BCUT2D eigenvalue weighted by Crippen LogP contribution is -2.25. The van der Waals surface area contributed by atoms with Gasteiger partial charge >= 0.3 is 6.36 Å². The average Bonchev–Trinajstić information content (AvgIpc) is 2.95. The molecule has 6 nitrogen and oxygen atoms in total. The monoisotopic (exact) mass is 355 g/mol. The van der Waals surface area contributed by atoms with E-state index in [-0.39, 0.29) is 11.3 Å². The standard InChI is InChI=1S/C14H8F3N3O3S/c15-14(16,17)23-9-3-1-2-8(6-9)19-11(21)10-7-18-13-20(12(10)22)4-5-24-13/h1-7H,(H,19,21). The van der Waals surface area contributed by atoms with Crippen LogP contribution < -0.4 is 15.6 Å². The highest BCUT2D eigenvalue weighted by atomic mass is 32.1. The van der Waals surface area contributed by atoms with Gasteiger partial charge in [0.2, 0.25) is 0 Å². The zero-order valence-electron chi connectivity index (χ0n) is 11.7. The molecule has 0 atom stereocenters. The first-order valence-corrected chi connectivity index (χ1v) is 7.33. The number of rotatable bonds is 3. The molecule has 0 saturated carbocycles. The van der Waals surface area contributed by atoms with Crippen molar-refractivity contribution < 1.29 is 22.7 Å². The summed E-state index contributed by atoms with van der Waals surface area (Å²) >= 11 is 1.23. The van der Waals surface area contributed by atoms with Crippen molar-refractivity contribution in [3.05, 3.63) is 58.0 Å². The maximum absolute atomic E-state index is 12.2. The molecule has 0 fully saturated rings. The smallest absolute Gasteiger partial charge is 0.406 e. The average molecular weight is 355 g/mol. The minimum Gasteiger partial charge on any atom is -0.406 e. The fourth-order valence-electron chi connectivity index (χ4n) is 1.95. The number of hydrogen-bond acceptors (Lipinski definition) is 5. The molecule has 0 spiro atoms. The van der Waals surface area contributed by atoms with Crippen LogP contribution >= 0.6 is 11.3 Å². The second kappa shape index (κ2) is 5.96. The summed E-state index contributed by atoms with van der Waals surface area (Å²) in [6.07, 6.45) is -2.24. The number of benzene rings is 1. The molecule has 2 aromatic heterocycles. The fraction of sp³-hybridized carbons (Fsp3) is 0.0714. The van der Waals surface area contributed by atoms with Gasteiger partial charge < -0.3 is 10.1 Å². The summed E-state index contributed by atoms with van der Waals surface area (Å²) in [6, 6.07) is 4.75. The second-order valence-electron chi connectivity index (χ2n) is 4.56. The largest absolute Gasteiger partial charge is 0.573 e. The Morgan fingerprint density at radius 2 is 2.12 bits per heavy atom. The molecule has 3 rings (SSSR count). The van der Waals surface area contributed by atoms with E-state index in [4.69, 9.17) is 0 Å². The number of fused-ring (bicyclic) bond motifs is 1. The Morgan fingerprint density at radius 3 is 2.88 bits per heavy atom. The van der Waals surface area contributed by atoms with Crippen LogP contribution in [-0.4, -0.2) is 21.7 Å². The lowest BCUT2D eigenvalue weighted by Gasteiger charge is -2.10. The van der Waals surface area contributed by atoms with Gasteiger partial charge in [0, 0.05) is 29.5 Å². The Morgan fingerprint density at radius 1 is 1.33 bits per heavy atom. The first-order chi connectivity index (χ1) is 11.3. The highest BCUT2D eigenvalue weighted by Gasteiger charge is 2.31. The summed E-state index contributed by atoms with van der Waals surface area (Å²) in [7, 11) is 0. The van der Waals surface area contributed by atoms with Crippen molar-refractivity contribution in [1.82, 2.24) is 9.38 Å². The molecule has 0 saturated heterocycles. The summed E-state index contributed by atoms with van der Waals surface area (Å²) in [5, 5.41) is 3.99. The summed E-state index contributed by atoms with van der Waals surface area (Å²) < 4.78 is 41.6. The third-order valence-electron chi connectivity index (χ3n) is 2.91. The van der Waals surface area contributed by atoms with E-state index in [1.165, 1.54) is 34.1 Å². The van der Waals surface area contributed by atoms with E-state index in [2.05, 4.69) is 15.0 Å². The minimum absolute atomic E-state index is 0.0524. The van der Waals surface area contributed by atoms with Gasteiger partial charge in [-0.1, -0.05) is 6.07 Å². The molecule has 0 unspecified atom stereocenters. The van der Waals surface area contributed by atoms with Gasteiger partial charge in [0.1, 0.15) is 11.3 Å². The number of ether oxygens (including phenoxy) is 1. The molecule has 0 radical (unpaired) electrons. The topological polar surface area (TPSA) is 72.7 Å². The van der Waals surface area contributed by atoms with Crippen LogP contribution in [0.3, 0.4) is 0 Å². The van der Waals surface area contributed by atoms with E-state index in [0.717, 1.165) is 18.3 Å². The van der Waals surface area contributed by atoms with E-state index in [0.29, 0.717) is 4.96 Å². The Hall–Kier alpha value is -2.88. The van der Waals surface area contributed by atoms with E-state index < -0.39 is 23.6 Å². The normalized spacial score (nSPS) is 11.5. The lowest BCUT2D eigenvalue weighted by molar-refractivity contribution is -0.274. The van der Waals surface area contributed by atoms with Crippen molar-refractivity contribution >= 4 is 27.9 Å². The van der Waals surface area contributed by atoms with E-state index in [1.807, 2.05) is 0 Å². The predicted octanol–water partition coefficient (Wildman–Crippen LogP) is 2.91. The van der Waals surface area contributed by atoms with Crippen LogP contribution in [0.4, 0.5) is 18.9 Å². The van der Waals surface area contributed by atoms with Gasteiger partial charge in [-0.3, -0.25) is 14.0 Å². The maximum atomic E-state index is 12.2. The quantitative estimate of drug-likeness (QED) is 0.784. The SMILES string of the molecule is O=C(Nc1cccc(OC(F)(F)F)c1)c1cnc2sccn2c1=O. The van der Waals surface area contributed by atoms with Gasteiger partial charge in [-0.15, -0.1) is 24.5 Å². The van der Waals surface area contributed by atoms with E-state index in [1.54, 1.807) is 5.38 Å². The van der Waals surface area contributed by atoms with Crippen LogP contribution in [0.15, 0.2) is 46.8 Å². The predicted molar refractivity (Wildman–Crippen MR) is 80.4 cm³/mol. The fourth-order valence-corrected chi connectivity index (χ4v) is 2.62. The van der Waals surface area contributed by atoms with Crippen LogP contribution in [0, 0.1) is 0 Å². The van der Waals surface area contributed by atoms with Gasteiger partial charge in [0.05, 0.1) is 0 Å². The molecule has 2 heterocycles. The number of thiazole rings is 1. The van der Waals surface area contributed by atoms with Crippen LogP contribution in [0.5, 0.6) is 5.75 Å². The zero-order chi connectivity index (χ0) is 17.3. The molecule has 1 aromatic carbocycles. The highest BCUT2D eigenvalue weighted by molar-refractivity contribution is 7.15. The molecule has 3 aromatic rings. The third-order valence-corrected chi connectivity index (χ3v) is 3.68. The van der Waals surface area contributed by atoms with Gasteiger partial charge in [0.15, 0.2) is 4.96 Å². The Kier molecular flexibility index (Phi) is 3.97. The number of anilines is 1. The number of hydrogen-bond donors (Lipinski definition) is 1. The first kappa shape index (κ1) is 16.0. The lowest BCUT2D eigenvalue weighted by atomic mass is 10.2. The summed E-state index contributed by atoms with van der Waals surface area (Å²) in [4.78, 5) is 28.7. The Bertz CT molecular complexity index is 965. The summed E-state index contributed by atoms with van der Waals surface area (Å²) in [5.41, 5.74) is -0.744. The van der Waals surface area contributed by atoms with E-state index >= 15 is 0 Å². The molecule has 124 valence electrons. The molecule has 0 bridgehead atoms. The number of amides is 1. The maximum Gasteiger partial charge on any atom is 0.573 e. The first-order valence-electron chi connectivity index (χ1n) is 6.45. The molecule has 24 heavy (non-hydrogen) atoms. The van der Waals surface area contributed by atoms with E-state index in [9.17, 15) is 22.8 Å². The van der Waals surface area contributed by atoms with Crippen molar-refractivity contribution in [3.63, 3.8) is 0 Å². The number of nitrogens with one attached hydrogen (secondary N) is 1. The van der Waals surface area contributed by atoms with Gasteiger partial charge in [0.25, 0.3) is 11.5 Å². The number of nitrogens with zero attached hydrogens (tertiary/aromatic N) is 2. The molecular weight excluding hydrogens is 347 g/mol. The Labute approximate surface area is 136 Å². The molecular formula is C14H8F3N3O3S. The number of alkyl halides is 3. The summed E-state index contributed by atoms with van der Waals surface area (Å²) in [5.74, 6) is -1.26. The number of aromatic nitrogens is 2. The molecule has 1 N–H and O–H groups in total. The number of carbonyl (C=O) groups excluding carboxylic acids is 1. The zero-order valence-corrected chi connectivity index (χ0v) is 12.5. The van der Waals surface area contributed by atoms with Crippen molar-refractivity contribution in [2.24, 2.45) is 0 Å².